The van der Waals surface area contributed by atoms with Crippen LogP contribution in [-0.4, -0.2) is 26.6 Å². The van der Waals surface area contributed by atoms with Crippen molar-refractivity contribution >= 4 is 23.4 Å². The zero-order chi connectivity index (χ0) is 16.9. The van der Waals surface area contributed by atoms with Crippen LogP contribution in [0.4, 0.5) is 0 Å². The summed E-state index contributed by atoms with van der Waals surface area (Å²) in [6.07, 6.45) is 2.98. The first-order valence-corrected chi connectivity index (χ1v) is 7.32. The maximum atomic E-state index is 12.1. The fourth-order valence-electron chi connectivity index (χ4n) is 1.97. The number of amides is 2. The largest absolute Gasteiger partial charge is 0.269 e. The summed E-state index contributed by atoms with van der Waals surface area (Å²) in [7, 11) is 0. The maximum absolute atomic E-state index is 12.1. The number of halogens is 1. The van der Waals surface area contributed by atoms with Gasteiger partial charge in [0.05, 0.1) is 5.69 Å². The molecule has 0 aliphatic rings. The number of benzene rings is 2. The fraction of sp³-hybridized carbons (Fsp3) is 0. The minimum atomic E-state index is -0.431. The minimum absolute atomic E-state index is 0.390. The van der Waals surface area contributed by atoms with Gasteiger partial charge >= 0.3 is 0 Å². The van der Waals surface area contributed by atoms with E-state index in [0.29, 0.717) is 16.1 Å². The highest BCUT2D eigenvalue weighted by molar-refractivity contribution is 6.30. The van der Waals surface area contributed by atoms with E-state index < -0.39 is 11.8 Å². The summed E-state index contributed by atoms with van der Waals surface area (Å²) in [5.74, 6) is -0.860. The van der Waals surface area contributed by atoms with Crippen LogP contribution in [0.15, 0.2) is 61.2 Å². The van der Waals surface area contributed by atoms with Crippen LogP contribution in [0.3, 0.4) is 0 Å². The Kier molecular flexibility index (Phi) is 4.53. The first-order chi connectivity index (χ1) is 11.6. The van der Waals surface area contributed by atoms with Crippen molar-refractivity contribution in [3.63, 3.8) is 0 Å². The molecule has 24 heavy (non-hydrogen) atoms. The second kappa shape index (κ2) is 6.93. The van der Waals surface area contributed by atoms with E-state index >= 15 is 0 Å². The zero-order valence-electron chi connectivity index (χ0n) is 12.3. The zero-order valence-corrected chi connectivity index (χ0v) is 13.1. The third-order valence-electron chi connectivity index (χ3n) is 3.21. The van der Waals surface area contributed by atoms with Crippen LogP contribution in [0.1, 0.15) is 20.7 Å². The lowest BCUT2D eigenvalue weighted by Crippen LogP contribution is -2.41. The molecular formula is C16H12ClN5O2. The third-order valence-corrected chi connectivity index (χ3v) is 3.46. The molecule has 120 valence electrons. The molecule has 2 N–H and O–H groups in total. The highest BCUT2D eigenvalue weighted by atomic mass is 35.5. The molecule has 8 heteroatoms. The van der Waals surface area contributed by atoms with Crippen LogP contribution in [0.5, 0.6) is 0 Å². The Morgan fingerprint density at radius 1 is 0.875 bits per heavy atom. The van der Waals surface area contributed by atoms with Gasteiger partial charge in [-0.05, 0) is 48.5 Å². The fourth-order valence-corrected chi connectivity index (χ4v) is 2.09. The summed E-state index contributed by atoms with van der Waals surface area (Å²) in [6.45, 7) is 0. The molecule has 0 radical (unpaired) electrons. The monoisotopic (exact) mass is 341 g/mol. The predicted octanol–water partition coefficient (Wildman–Crippen LogP) is 2.00. The van der Waals surface area contributed by atoms with E-state index in [1.165, 1.54) is 6.33 Å². The number of carbonyl (C=O) groups excluding carboxylic acids is 2. The summed E-state index contributed by atoms with van der Waals surface area (Å²) >= 11 is 5.76. The van der Waals surface area contributed by atoms with Crippen molar-refractivity contribution in [3.8, 4) is 5.69 Å². The number of nitrogens with one attached hydrogen (secondary N) is 2. The number of hydrogen-bond donors (Lipinski definition) is 2. The van der Waals surface area contributed by atoms with Crippen LogP contribution in [0.2, 0.25) is 5.02 Å². The molecule has 7 nitrogen and oxygen atoms in total. The van der Waals surface area contributed by atoms with Crippen molar-refractivity contribution in [1.29, 1.82) is 0 Å². The number of aromatic nitrogens is 3. The van der Waals surface area contributed by atoms with E-state index in [-0.39, 0.29) is 0 Å². The van der Waals surface area contributed by atoms with Crippen molar-refractivity contribution in [1.82, 2.24) is 25.6 Å². The quantitative estimate of drug-likeness (QED) is 0.713. The summed E-state index contributed by atoms with van der Waals surface area (Å²) in [6, 6.07) is 13.0. The molecule has 2 aromatic carbocycles. The van der Waals surface area contributed by atoms with Crippen LogP contribution in [0.25, 0.3) is 5.69 Å². The van der Waals surface area contributed by atoms with Gasteiger partial charge in [0.25, 0.3) is 11.8 Å². The summed E-state index contributed by atoms with van der Waals surface area (Å²) in [5.41, 5.74) is 6.27. The van der Waals surface area contributed by atoms with Gasteiger partial charge in [-0.15, -0.1) is 0 Å². The van der Waals surface area contributed by atoms with Gasteiger partial charge in [0.1, 0.15) is 12.7 Å². The second-order valence-electron chi connectivity index (χ2n) is 4.80. The summed E-state index contributed by atoms with van der Waals surface area (Å²) in [4.78, 5) is 27.8. The Balaban J connectivity index is 1.60. The number of carbonyl (C=O) groups is 2. The van der Waals surface area contributed by atoms with Gasteiger partial charge in [-0.2, -0.15) is 5.10 Å². The first kappa shape index (κ1) is 15.7. The van der Waals surface area contributed by atoms with Crippen LogP contribution >= 0.6 is 11.6 Å². The molecule has 2 amide bonds. The van der Waals surface area contributed by atoms with Gasteiger partial charge in [0, 0.05) is 16.1 Å². The lowest BCUT2D eigenvalue weighted by Gasteiger charge is -2.08. The van der Waals surface area contributed by atoms with Crippen molar-refractivity contribution in [2.24, 2.45) is 0 Å². The van der Waals surface area contributed by atoms with Gasteiger partial charge < -0.3 is 0 Å². The topological polar surface area (TPSA) is 88.9 Å². The molecule has 0 aliphatic carbocycles. The number of rotatable bonds is 3. The van der Waals surface area contributed by atoms with Crippen molar-refractivity contribution < 1.29 is 9.59 Å². The summed E-state index contributed by atoms with van der Waals surface area (Å²) < 4.78 is 1.57. The van der Waals surface area contributed by atoms with Crippen LogP contribution in [0, 0.1) is 0 Å². The van der Waals surface area contributed by atoms with E-state index in [9.17, 15) is 9.59 Å². The van der Waals surface area contributed by atoms with Gasteiger partial charge in [0.2, 0.25) is 0 Å². The maximum Gasteiger partial charge on any atom is 0.269 e. The van der Waals surface area contributed by atoms with Gasteiger partial charge in [-0.3, -0.25) is 20.4 Å². The smallest absolute Gasteiger partial charge is 0.267 e. The lowest BCUT2D eigenvalue weighted by molar-refractivity contribution is 0.0846. The lowest BCUT2D eigenvalue weighted by atomic mass is 10.2. The first-order valence-electron chi connectivity index (χ1n) is 6.95. The van der Waals surface area contributed by atoms with E-state index in [2.05, 4.69) is 20.9 Å². The van der Waals surface area contributed by atoms with Crippen LogP contribution < -0.4 is 10.9 Å². The average Bonchev–Trinajstić information content (AvgIpc) is 3.15. The molecule has 0 bridgehead atoms. The minimum Gasteiger partial charge on any atom is -0.267 e. The number of hydrogen-bond acceptors (Lipinski definition) is 4. The molecule has 3 aromatic rings. The van der Waals surface area contributed by atoms with Gasteiger partial charge in [0.15, 0.2) is 0 Å². The van der Waals surface area contributed by atoms with E-state index in [1.54, 1.807) is 59.5 Å². The highest BCUT2D eigenvalue weighted by Gasteiger charge is 2.09. The third kappa shape index (κ3) is 3.58. The normalized spacial score (nSPS) is 10.2. The highest BCUT2D eigenvalue weighted by Crippen LogP contribution is 2.10. The second-order valence-corrected chi connectivity index (χ2v) is 5.24. The predicted molar refractivity (Wildman–Crippen MR) is 87.7 cm³/mol. The van der Waals surface area contributed by atoms with Crippen molar-refractivity contribution in [2.45, 2.75) is 0 Å². The molecule has 0 spiro atoms. The Bertz CT molecular complexity index is 845. The molecule has 0 aliphatic heterocycles. The molecule has 0 fully saturated rings. The number of nitrogens with zero attached hydrogens (tertiary/aromatic N) is 3. The SMILES string of the molecule is O=C(NNC(=O)c1ccc(-n2cncn2)cc1)c1ccc(Cl)cc1. The molecule has 1 aromatic heterocycles. The Hall–Kier alpha value is -3.19. The molecular weight excluding hydrogens is 330 g/mol. The molecule has 3 rings (SSSR count). The van der Waals surface area contributed by atoms with E-state index in [4.69, 9.17) is 11.6 Å². The molecule has 1 heterocycles. The van der Waals surface area contributed by atoms with Crippen LogP contribution in [-0.2, 0) is 0 Å². The average molecular weight is 342 g/mol. The van der Waals surface area contributed by atoms with Crippen molar-refractivity contribution in [3.05, 3.63) is 77.3 Å². The molecule has 0 saturated carbocycles. The molecule has 0 unspecified atom stereocenters. The summed E-state index contributed by atoms with van der Waals surface area (Å²) in [5, 5.41) is 4.53. The Labute approximate surface area is 142 Å². The van der Waals surface area contributed by atoms with Gasteiger partial charge in [-0.1, -0.05) is 11.6 Å². The van der Waals surface area contributed by atoms with Gasteiger partial charge in [-0.25, -0.2) is 9.67 Å². The molecule has 0 saturated heterocycles. The molecule has 0 atom stereocenters. The standard InChI is InChI=1S/C16H12ClN5O2/c17-13-5-1-11(2-6-13)15(23)20-21-16(24)12-3-7-14(8-4-12)22-10-18-9-19-22/h1-10H,(H,20,23)(H,21,24). The Morgan fingerprint density at radius 2 is 1.42 bits per heavy atom. The van der Waals surface area contributed by atoms with E-state index in [0.717, 1.165) is 5.69 Å². The Morgan fingerprint density at radius 3 is 1.92 bits per heavy atom. The number of hydrazine groups is 1. The van der Waals surface area contributed by atoms with E-state index in [1.807, 2.05) is 0 Å². The van der Waals surface area contributed by atoms with Crippen molar-refractivity contribution in [2.75, 3.05) is 0 Å².